The van der Waals surface area contributed by atoms with Crippen molar-refractivity contribution in [3.63, 3.8) is 0 Å². The number of benzene rings is 2. The molecule has 0 aliphatic carbocycles. The van der Waals surface area contributed by atoms with Crippen LogP contribution in [0.3, 0.4) is 0 Å². The van der Waals surface area contributed by atoms with E-state index >= 15 is 0 Å². The second kappa shape index (κ2) is 9.38. The maximum Gasteiger partial charge on any atom is 0.251 e. The predicted octanol–water partition coefficient (Wildman–Crippen LogP) is 4.75. The lowest BCUT2D eigenvalue weighted by Crippen LogP contribution is -2.58. The van der Waals surface area contributed by atoms with Gasteiger partial charge in [-0.05, 0) is 62.1 Å². The number of amides is 2. The Morgan fingerprint density at radius 1 is 0.967 bits per heavy atom. The molecule has 2 unspecified atom stereocenters. The summed E-state index contributed by atoms with van der Waals surface area (Å²) in [5.74, 6) is -0.122. The molecule has 2 aromatic carbocycles. The minimum Gasteiger partial charge on any atom is -0.349 e. The van der Waals surface area contributed by atoms with Crippen LogP contribution in [0.15, 0.2) is 48.5 Å². The molecular weight excluding hydrogens is 421 g/mol. The van der Waals surface area contributed by atoms with Crippen molar-refractivity contribution in [1.82, 2.24) is 10.2 Å². The third kappa shape index (κ3) is 4.97. The Morgan fingerprint density at radius 2 is 1.63 bits per heavy atom. The van der Waals surface area contributed by atoms with Crippen molar-refractivity contribution in [2.75, 3.05) is 11.9 Å². The molecule has 2 atom stereocenters. The molecule has 0 spiro atoms. The van der Waals surface area contributed by atoms with Crippen LogP contribution in [-0.2, 0) is 4.79 Å². The van der Waals surface area contributed by atoms with E-state index in [1.807, 2.05) is 12.1 Å². The molecule has 2 fully saturated rings. The molecule has 2 aliphatic rings. The van der Waals surface area contributed by atoms with E-state index in [2.05, 4.69) is 15.5 Å². The number of hydrogen-bond acceptors (Lipinski definition) is 3. The zero-order valence-corrected chi connectivity index (χ0v) is 18.1. The van der Waals surface area contributed by atoms with Gasteiger partial charge in [0.1, 0.15) is 0 Å². The molecule has 5 nitrogen and oxygen atoms in total. The van der Waals surface area contributed by atoms with E-state index < -0.39 is 0 Å². The van der Waals surface area contributed by atoms with Crippen LogP contribution >= 0.6 is 23.2 Å². The summed E-state index contributed by atoms with van der Waals surface area (Å²) in [6, 6.07) is 14.9. The lowest BCUT2D eigenvalue weighted by Gasteiger charge is -2.48. The number of para-hydroxylation sites is 1. The molecule has 2 bridgehead atoms. The number of nitrogens with one attached hydrogen (secondary N) is 2. The van der Waals surface area contributed by atoms with Gasteiger partial charge < -0.3 is 10.6 Å². The zero-order chi connectivity index (χ0) is 21.1. The van der Waals surface area contributed by atoms with E-state index in [1.54, 1.807) is 36.4 Å². The van der Waals surface area contributed by atoms with Crippen molar-refractivity contribution in [3.8, 4) is 0 Å². The van der Waals surface area contributed by atoms with Gasteiger partial charge in [-0.1, -0.05) is 41.8 Å². The van der Waals surface area contributed by atoms with Crippen LogP contribution in [0.25, 0.3) is 0 Å². The maximum atomic E-state index is 12.6. The smallest absolute Gasteiger partial charge is 0.251 e. The average Bonchev–Trinajstić information content (AvgIpc) is 2.71. The van der Waals surface area contributed by atoms with Gasteiger partial charge in [-0.25, -0.2) is 0 Å². The molecule has 0 radical (unpaired) electrons. The zero-order valence-electron chi connectivity index (χ0n) is 16.6. The number of nitrogens with zero attached hydrogens (tertiary/aromatic N) is 1. The number of halogens is 2. The summed E-state index contributed by atoms with van der Waals surface area (Å²) in [6.45, 7) is 0.346. The summed E-state index contributed by atoms with van der Waals surface area (Å²) >= 11 is 12.1. The van der Waals surface area contributed by atoms with Gasteiger partial charge in [0.2, 0.25) is 5.91 Å². The highest BCUT2D eigenvalue weighted by Crippen LogP contribution is 2.34. The number of piperidine rings is 2. The second-order valence-electron chi connectivity index (χ2n) is 8.09. The number of rotatable bonds is 5. The number of anilines is 1. The molecule has 30 heavy (non-hydrogen) atoms. The molecule has 158 valence electrons. The van der Waals surface area contributed by atoms with Crippen LogP contribution in [0.4, 0.5) is 5.69 Å². The number of carbonyl (C=O) groups is 2. The number of carbonyl (C=O) groups excluding carboxylic acids is 2. The first kappa shape index (κ1) is 21.2. The van der Waals surface area contributed by atoms with E-state index in [0.29, 0.717) is 39.9 Å². The Kier molecular flexibility index (Phi) is 6.61. The third-order valence-electron chi connectivity index (χ3n) is 6.04. The minimum atomic E-state index is -0.0698. The molecule has 2 N–H and O–H groups in total. The molecular formula is C23H25Cl2N3O2. The molecule has 2 saturated heterocycles. The van der Waals surface area contributed by atoms with Crippen molar-refractivity contribution < 1.29 is 9.59 Å². The largest absolute Gasteiger partial charge is 0.349 e. The summed E-state index contributed by atoms with van der Waals surface area (Å²) in [7, 11) is 0. The Hall–Kier alpha value is -2.08. The van der Waals surface area contributed by atoms with E-state index in [9.17, 15) is 9.59 Å². The summed E-state index contributed by atoms with van der Waals surface area (Å²) in [5, 5.41) is 7.25. The van der Waals surface area contributed by atoms with Crippen LogP contribution < -0.4 is 10.6 Å². The molecule has 2 aliphatic heterocycles. The number of fused-ring (bicyclic) bond motifs is 2. The summed E-state index contributed by atoms with van der Waals surface area (Å²) in [5.41, 5.74) is 1.26. The van der Waals surface area contributed by atoms with Crippen molar-refractivity contribution in [2.45, 2.75) is 50.2 Å². The highest BCUT2D eigenvalue weighted by atomic mass is 35.5. The highest BCUT2D eigenvalue weighted by Gasteiger charge is 2.39. The number of hydrogen-bond donors (Lipinski definition) is 2. The van der Waals surface area contributed by atoms with Gasteiger partial charge in [0.15, 0.2) is 0 Å². The fourth-order valence-electron chi connectivity index (χ4n) is 4.64. The quantitative estimate of drug-likeness (QED) is 0.697. The molecule has 0 saturated carbocycles. The molecule has 2 amide bonds. The normalized spacial score (nSPS) is 23.6. The van der Waals surface area contributed by atoms with E-state index in [4.69, 9.17) is 23.2 Å². The van der Waals surface area contributed by atoms with Crippen molar-refractivity contribution >= 4 is 40.7 Å². The van der Waals surface area contributed by atoms with Crippen LogP contribution in [0.1, 0.15) is 42.5 Å². The van der Waals surface area contributed by atoms with Crippen LogP contribution in [0, 0.1) is 0 Å². The fourth-order valence-corrected chi connectivity index (χ4v) is 4.95. The Morgan fingerprint density at radius 3 is 2.30 bits per heavy atom. The predicted molar refractivity (Wildman–Crippen MR) is 120 cm³/mol. The van der Waals surface area contributed by atoms with Gasteiger partial charge in [0.05, 0.1) is 17.3 Å². The first-order chi connectivity index (χ1) is 14.5. The molecule has 4 rings (SSSR count). The van der Waals surface area contributed by atoms with Gasteiger partial charge in [-0.15, -0.1) is 0 Å². The third-order valence-corrected chi connectivity index (χ3v) is 6.62. The van der Waals surface area contributed by atoms with Crippen LogP contribution in [0.2, 0.25) is 10.0 Å². The first-order valence-electron chi connectivity index (χ1n) is 10.4. The topological polar surface area (TPSA) is 61.4 Å². The van der Waals surface area contributed by atoms with E-state index in [1.165, 1.54) is 0 Å². The molecule has 2 aromatic rings. The van der Waals surface area contributed by atoms with Crippen LogP contribution in [-0.4, -0.2) is 41.4 Å². The molecule has 7 heteroatoms. The Labute approximate surface area is 186 Å². The standard InChI is InChI=1S/C23H25Cl2N3O2/c24-16-10-8-15(9-11-16)23(30)26-17-12-18-4-3-5-19(13-17)28(18)14-22(29)27-21-7-2-1-6-20(21)25/h1-2,6-11,17-19H,3-5,12-14H2,(H,26,30)(H,27,29). The summed E-state index contributed by atoms with van der Waals surface area (Å²) in [6.07, 6.45) is 4.96. The highest BCUT2D eigenvalue weighted by molar-refractivity contribution is 6.33. The van der Waals surface area contributed by atoms with Gasteiger partial charge >= 0.3 is 0 Å². The fraction of sp³-hybridized carbons (Fsp3) is 0.391. The summed E-state index contributed by atoms with van der Waals surface area (Å²) in [4.78, 5) is 27.5. The Bertz CT molecular complexity index is 905. The first-order valence-corrected chi connectivity index (χ1v) is 11.1. The van der Waals surface area contributed by atoms with Gasteiger partial charge in [-0.2, -0.15) is 0 Å². The van der Waals surface area contributed by atoms with Gasteiger partial charge in [0, 0.05) is 28.7 Å². The minimum absolute atomic E-state index is 0.0522. The average molecular weight is 446 g/mol. The van der Waals surface area contributed by atoms with Crippen molar-refractivity contribution in [2.24, 2.45) is 0 Å². The molecule has 0 aromatic heterocycles. The Balaban J connectivity index is 1.36. The molecule has 2 heterocycles. The van der Waals surface area contributed by atoms with E-state index in [0.717, 1.165) is 32.1 Å². The SMILES string of the molecule is O=C(CN1C2CCCC1CC(NC(=O)c1ccc(Cl)cc1)C2)Nc1ccccc1Cl. The lowest BCUT2D eigenvalue weighted by molar-refractivity contribution is -0.120. The van der Waals surface area contributed by atoms with Crippen LogP contribution in [0.5, 0.6) is 0 Å². The monoisotopic (exact) mass is 445 g/mol. The van der Waals surface area contributed by atoms with E-state index in [-0.39, 0.29) is 17.9 Å². The van der Waals surface area contributed by atoms with Crippen molar-refractivity contribution in [3.05, 3.63) is 64.1 Å². The van der Waals surface area contributed by atoms with Crippen molar-refractivity contribution in [1.29, 1.82) is 0 Å². The van der Waals surface area contributed by atoms with Gasteiger partial charge in [0.25, 0.3) is 5.91 Å². The van der Waals surface area contributed by atoms with Gasteiger partial charge in [-0.3, -0.25) is 14.5 Å². The maximum absolute atomic E-state index is 12.6. The second-order valence-corrected chi connectivity index (χ2v) is 8.93. The summed E-state index contributed by atoms with van der Waals surface area (Å²) < 4.78 is 0. The lowest BCUT2D eigenvalue weighted by atomic mass is 9.81.